The number of ether oxygens (including phenoxy) is 1. The van der Waals surface area contributed by atoms with Gasteiger partial charge in [-0.2, -0.15) is 0 Å². The SMILES string of the molecule is Cc1ccccc1Oc1cc(CCl)cc(C(C)(C)C)n1. The molecule has 20 heavy (non-hydrogen) atoms. The van der Waals surface area contributed by atoms with Gasteiger partial charge in [0.2, 0.25) is 5.88 Å². The lowest BCUT2D eigenvalue weighted by Crippen LogP contribution is -2.14. The van der Waals surface area contributed by atoms with Gasteiger partial charge in [0.1, 0.15) is 5.75 Å². The predicted molar refractivity (Wildman–Crippen MR) is 83.7 cm³/mol. The Morgan fingerprint density at radius 2 is 1.85 bits per heavy atom. The van der Waals surface area contributed by atoms with Crippen LogP contribution in [0.1, 0.15) is 37.6 Å². The van der Waals surface area contributed by atoms with Gasteiger partial charge in [0.15, 0.2) is 0 Å². The summed E-state index contributed by atoms with van der Waals surface area (Å²) in [7, 11) is 0. The van der Waals surface area contributed by atoms with E-state index in [4.69, 9.17) is 16.3 Å². The van der Waals surface area contributed by atoms with Gasteiger partial charge >= 0.3 is 0 Å². The van der Waals surface area contributed by atoms with Gasteiger partial charge in [-0.05, 0) is 30.2 Å². The molecule has 0 radical (unpaired) electrons. The highest BCUT2D eigenvalue weighted by atomic mass is 35.5. The molecule has 1 heterocycles. The number of nitrogens with zero attached hydrogens (tertiary/aromatic N) is 1. The van der Waals surface area contributed by atoms with E-state index >= 15 is 0 Å². The van der Waals surface area contributed by atoms with E-state index in [-0.39, 0.29) is 5.41 Å². The third-order valence-electron chi connectivity index (χ3n) is 3.09. The van der Waals surface area contributed by atoms with Crippen molar-refractivity contribution >= 4 is 11.6 Å². The summed E-state index contributed by atoms with van der Waals surface area (Å²) < 4.78 is 5.92. The van der Waals surface area contributed by atoms with Crippen LogP contribution in [-0.4, -0.2) is 4.98 Å². The first kappa shape index (κ1) is 14.9. The fourth-order valence-corrected chi connectivity index (χ4v) is 2.01. The molecule has 0 fully saturated rings. The monoisotopic (exact) mass is 289 g/mol. The molecule has 0 N–H and O–H groups in total. The Kier molecular flexibility index (Phi) is 4.34. The van der Waals surface area contributed by atoms with E-state index in [9.17, 15) is 0 Å². The fraction of sp³-hybridized carbons (Fsp3) is 0.353. The van der Waals surface area contributed by atoms with Crippen LogP contribution in [0.5, 0.6) is 11.6 Å². The Balaban J connectivity index is 2.39. The van der Waals surface area contributed by atoms with Gasteiger partial charge < -0.3 is 4.74 Å². The normalized spacial score (nSPS) is 11.4. The molecule has 2 aromatic rings. The predicted octanol–water partition coefficient (Wildman–Crippen LogP) is 5.22. The molecule has 0 spiro atoms. The number of rotatable bonds is 3. The molecule has 106 valence electrons. The molecule has 0 atom stereocenters. The molecule has 1 aromatic carbocycles. The summed E-state index contributed by atoms with van der Waals surface area (Å²) in [6, 6.07) is 11.8. The molecule has 2 rings (SSSR count). The third-order valence-corrected chi connectivity index (χ3v) is 3.40. The first-order chi connectivity index (χ1) is 9.40. The molecular formula is C17H20ClNO. The van der Waals surface area contributed by atoms with Crippen molar-refractivity contribution < 1.29 is 4.74 Å². The van der Waals surface area contributed by atoms with E-state index in [1.807, 2.05) is 43.3 Å². The van der Waals surface area contributed by atoms with Crippen LogP contribution in [0.4, 0.5) is 0 Å². The number of hydrogen-bond acceptors (Lipinski definition) is 2. The van der Waals surface area contributed by atoms with Gasteiger partial charge in [-0.1, -0.05) is 39.0 Å². The standard InChI is InChI=1S/C17H20ClNO/c1-12-7-5-6-8-14(12)20-16-10-13(11-18)9-15(19-16)17(2,3)4/h5-10H,11H2,1-4H3. The molecule has 0 aliphatic rings. The zero-order valence-electron chi connectivity index (χ0n) is 12.4. The molecule has 0 bridgehead atoms. The number of alkyl halides is 1. The van der Waals surface area contributed by atoms with Crippen LogP contribution >= 0.6 is 11.6 Å². The van der Waals surface area contributed by atoms with Gasteiger partial charge in [-0.15, -0.1) is 11.6 Å². The van der Waals surface area contributed by atoms with Crippen LogP contribution in [0.15, 0.2) is 36.4 Å². The molecule has 0 unspecified atom stereocenters. The Bertz CT molecular complexity index is 602. The lowest BCUT2D eigenvalue weighted by Gasteiger charge is -2.19. The van der Waals surface area contributed by atoms with Crippen molar-refractivity contribution in [1.29, 1.82) is 0 Å². The van der Waals surface area contributed by atoms with E-state index in [0.29, 0.717) is 11.8 Å². The van der Waals surface area contributed by atoms with Gasteiger partial charge in [-0.25, -0.2) is 4.98 Å². The first-order valence-electron chi connectivity index (χ1n) is 6.71. The summed E-state index contributed by atoms with van der Waals surface area (Å²) in [4.78, 5) is 4.61. The second-order valence-corrected chi connectivity index (χ2v) is 6.22. The van der Waals surface area contributed by atoms with Gasteiger partial charge in [-0.3, -0.25) is 0 Å². The largest absolute Gasteiger partial charge is 0.439 e. The topological polar surface area (TPSA) is 22.1 Å². The van der Waals surface area contributed by atoms with Crippen LogP contribution in [-0.2, 0) is 11.3 Å². The smallest absolute Gasteiger partial charge is 0.219 e. The van der Waals surface area contributed by atoms with Crippen LogP contribution in [0.3, 0.4) is 0 Å². The summed E-state index contributed by atoms with van der Waals surface area (Å²) in [6.45, 7) is 8.41. The van der Waals surface area contributed by atoms with Crippen molar-refractivity contribution in [3.05, 3.63) is 53.2 Å². The third kappa shape index (κ3) is 3.51. The number of aromatic nitrogens is 1. The fourth-order valence-electron chi connectivity index (χ4n) is 1.86. The minimum atomic E-state index is -0.0358. The van der Waals surface area contributed by atoms with Crippen LogP contribution < -0.4 is 4.74 Å². The summed E-state index contributed by atoms with van der Waals surface area (Å²) in [5.74, 6) is 1.88. The van der Waals surface area contributed by atoms with E-state index in [1.54, 1.807) is 0 Å². The zero-order chi connectivity index (χ0) is 14.8. The molecular weight excluding hydrogens is 270 g/mol. The molecule has 0 amide bonds. The van der Waals surface area contributed by atoms with Crippen molar-refractivity contribution in [1.82, 2.24) is 4.98 Å². The minimum absolute atomic E-state index is 0.0358. The lowest BCUT2D eigenvalue weighted by molar-refractivity contribution is 0.448. The molecule has 0 aliphatic heterocycles. The van der Waals surface area contributed by atoms with Crippen molar-refractivity contribution in [2.24, 2.45) is 0 Å². The Morgan fingerprint density at radius 1 is 1.15 bits per heavy atom. The Hall–Kier alpha value is -1.54. The quantitative estimate of drug-likeness (QED) is 0.723. The average Bonchev–Trinajstić information content (AvgIpc) is 2.40. The van der Waals surface area contributed by atoms with E-state index in [2.05, 4.69) is 25.8 Å². The van der Waals surface area contributed by atoms with Crippen LogP contribution in [0.2, 0.25) is 0 Å². The maximum Gasteiger partial charge on any atom is 0.219 e. The zero-order valence-corrected chi connectivity index (χ0v) is 13.2. The first-order valence-corrected chi connectivity index (χ1v) is 7.24. The highest BCUT2D eigenvalue weighted by Crippen LogP contribution is 2.28. The molecule has 0 saturated carbocycles. The van der Waals surface area contributed by atoms with Gasteiger partial charge in [0.25, 0.3) is 0 Å². The summed E-state index contributed by atoms with van der Waals surface area (Å²) in [5, 5.41) is 0. The molecule has 0 aliphatic carbocycles. The van der Waals surface area contributed by atoms with E-state index in [0.717, 1.165) is 22.6 Å². The number of hydrogen-bond donors (Lipinski definition) is 0. The summed E-state index contributed by atoms with van der Waals surface area (Å²) >= 11 is 5.97. The van der Waals surface area contributed by atoms with Crippen LogP contribution in [0, 0.1) is 6.92 Å². The average molecular weight is 290 g/mol. The lowest BCUT2D eigenvalue weighted by atomic mass is 9.91. The summed E-state index contributed by atoms with van der Waals surface area (Å²) in [5.41, 5.74) is 3.06. The molecule has 1 aromatic heterocycles. The van der Waals surface area contributed by atoms with Gasteiger partial charge in [0.05, 0.1) is 5.69 Å². The Labute approximate surface area is 125 Å². The van der Waals surface area contributed by atoms with E-state index in [1.165, 1.54) is 0 Å². The van der Waals surface area contributed by atoms with Gasteiger partial charge in [0, 0.05) is 17.4 Å². The number of pyridine rings is 1. The number of aryl methyl sites for hydroxylation is 1. The van der Waals surface area contributed by atoms with Crippen molar-refractivity contribution in [2.75, 3.05) is 0 Å². The maximum absolute atomic E-state index is 5.97. The number of para-hydroxylation sites is 1. The second-order valence-electron chi connectivity index (χ2n) is 5.95. The van der Waals surface area contributed by atoms with Crippen LogP contribution in [0.25, 0.3) is 0 Å². The Morgan fingerprint density at radius 3 is 2.45 bits per heavy atom. The van der Waals surface area contributed by atoms with Crippen molar-refractivity contribution in [3.63, 3.8) is 0 Å². The highest BCUT2D eigenvalue weighted by Gasteiger charge is 2.18. The maximum atomic E-state index is 5.97. The van der Waals surface area contributed by atoms with E-state index < -0.39 is 0 Å². The van der Waals surface area contributed by atoms with Crippen molar-refractivity contribution in [2.45, 2.75) is 39.0 Å². The number of benzene rings is 1. The molecule has 2 nitrogen and oxygen atoms in total. The molecule has 0 saturated heterocycles. The van der Waals surface area contributed by atoms with Crippen molar-refractivity contribution in [3.8, 4) is 11.6 Å². The number of halogens is 1. The second kappa shape index (κ2) is 5.84. The minimum Gasteiger partial charge on any atom is -0.439 e. The highest BCUT2D eigenvalue weighted by molar-refractivity contribution is 6.17. The summed E-state index contributed by atoms with van der Waals surface area (Å²) in [6.07, 6.45) is 0. The molecule has 3 heteroatoms.